The molecule has 17 heavy (non-hydrogen) atoms. The zero-order chi connectivity index (χ0) is 12.3. The Morgan fingerprint density at radius 2 is 2.18 bits per heavy atom. The van der Waals surface area contributed by atoms with Crippen LogP contribution in [0, 0.1) is 5.92 Å². The molecule has 0 aliphatic heterocycles. The summed E-state index contributed by atoms with van der Waals surface area (Å²) in [5.74, 6) is 2.75. The molecule has 0 bridgehead atoms. The van der Waals surface area contributed by atoms with Gasteiger partial charge in [0, 0.05) is 19.6 Å². The van der Waals surface area contributed by atoms with E-state index in [1.807, 2.05) is 0 Å². The standard InChI is InChI=1S/C12H19BrN4/c1-3-14-11-10(13)12(16-8-15-11)17(4-2)7-9-5-6-9/h8-9H,3-7H2,1-2H3,(H,14,15,16). The average molecular weight is 299 g/mol. The van der Waals surface area contributed by atoms with Crippen molar-refractivity contribution in [2.45, 2.75) is 26.7 Å². The Labute approximate surface area is 111 Å². The maximum atomic E-state index is 4.40. The fraction of sp³-hybridized carbons (Fsp3) is 0.667. The first kappa shape index (κ1) is 12.6. The van der Waals surface area contributed by atoms with Crippen molar-refractivity contribution in [2.75, 3.05) is 29.9 Å². The third kappa shape index (κ3) is 3.09. The number of rotatable bonds is 6. The minimum atomic E-state index is 0.861. The highest BCUT2D eigenvalue weighted by molar-refractivity contribution is 9.10. The predicted molar refractivity (Wildman–Crippen MR) is 74.5 cm³/mol. The molecule has 94 valence electrons. The highest BCUT2D eigenvalue weighted by Gasteiger charge is 2.25. The Balaban J connectivity index is 2.19. The van der Waals surface area contributed by atoms with Crippen LogP contribution in [0.5, 0.6) is 0 Å². The van der Waals surface area contributed by atoms with Gasteiger partial charge in [0.25, 0.3) is 0 Å². The van der Waals surface area contributed by atoms with Gasteiger partial charge in [-0.1, -0.05) is 0 Å². The van der Waals surface area contributed by atoms with E-state index in [0.717, 1.165) is 41.7 Å². The van der Waals surface area contributed by atoms with Crippen LogP contribution in [0.15, 0.2) is 10.8 Å². The maximum Gasteiger partial charge on any atom is 0.148 e. The fourth-order valence-corrected chi connectivity index (χ4v) is 2.44. The summed E-state index contributed by atoms with van der Waals surface area (Å²) in [4.78, 5) is 11.0. The number of nitrogens with zero attached hydrogens (tertiary/aromatic N) is 3. The molecule has 1 aliphatic carbocycles. The molecule has 1 heterocycles. The molecule has 2 rings (SSSR count). The second kappa shape index (κ2) is 5.67. The van der Waals surface area contributed by atoms with Crippen molar-refractivity contribution in [3.8, 4) is 0 Å². The van der Waals surface area contributed by atoms with Crippen LogP contribution in [0.1, 0.15) is 26.7 Å². The first-order valence-corrected chi connectivity index (χ1v) is 7.04. The summed E-state index contributed by atoms with van der Waals surface area (Å²) < 4.78 is 0.976. The van der Waals surface area contributed by atoms with Crippen LogP contribution in [-0.2, 0) is 0 Å². The van der Waals surface area contributed by atoms with Crippen molar-refractivity contribution >= 4 is 27.6 Å². The highest BCUT2D eigenvalue weighted by atomic mass is 79.9. The molecule has 0 saturated heterocycles. The lowest BCUT2D eigenvalue weighted by Crippen LogP contribution is -2.27. The van der Waals surface area contributed by atoms with Gasteiger partial charge >= 0.3 is 0 Å². The number of aromatic nitrogens is 2. The van der Waals surface area contributed by atoms with Crippen LogP contribution in [0.25, 0.3) is 0 Å². The zero-order valence-electron chi connectivity index (χ0n) is 10.4. The second-order valence-corrected chi connectivity index (χ2v) is 5.17. The molecular weight excluding hydrogens is 280 g/mol. The lowest BCUT2D eigenvalue weighted by molar-refractivity contribution is 0.729. The minimum Gasteiger partial charge on any atom is -0.369 e. The van der Waals surface area contributed by atoms with Crippen molar-refractivity contribution in [3.05, 3.63) is 10.8 Å². The van der Waals surface area contributed by atoms with E-state index in [-0.39, 0.29) is 0 Å². The van der Waals surface area contributed by atoms with E-state index in [1.54, 1.807) is 6.33 Å². The number of nitrogens with one attached hydrogen (secondary N) is 1. The molecule has 1 fully saturated rings. The van der Waals surface area contributed by atoms with Crippen molar-refractivity contribution in [1.82, 2.24) is 9.97 Å². The van der Waals surface area contributed by atoms with Gasteiger partial charge in [-0.15, -0.1) is 0 Å². The van der Waals surface area contributed by atoms with Gasteiger partial charge in [0.2, 0.25) is 0 Å². The Hall–Kier alpha value is -0.840. The molecule has 1 saturated carbocycles. The monoisotopic (exact) mass is 298 g/mol. The van der Waals surface area contributed by atoms with Crippen LogP contribution in [0.4, 0.5) is 11.6 Å². The van der Waals surface area contributed by atoms with Gasteiger partial charge in [-0.2, -0.15) is 0 Å². The first-order valence-electron chi connectivity index (χ1n) is 6.25. The summed E-state index contributed by atoms with van der Waals surface area (Å²) >= 11 is 3.60. The van der Waals surface area contributed by atoms with Gasteiger partial charge in [-0.25, -0.2) is 9.97 Å². The lowest BCUT2D eigenvalue weighted by atomic mass is 10.3. The van der Waals surface area contributed by atoms with Crippen LogP contribution >= 0.6 is 15.9 Å². The zero-order valence-corrected chi connectivity index (χ0v) is 12.0. The van der Waals surface area contributed by atoms with Gasteiger partial charge in [0.1, 0.15) is 22.4 Å². The number of anilines is 2. The maximum absolute atomic E-state index is 4.40. The van der Waals surface area contributed by atoms with Gasteiger partial charge < -0.3 is 10.2 Å². The van der Waals surface area contributed by atoms with Crippen molar-refractivity contribution < 1.29 is 0 Å². The van der Waals surface area contributed by atoms with Crippen molar-refractivity contribution in [2.24, 2.45) is 5.92 Å². The van der Waals surface area contributed by atoms with Crippen molar-refractivity contribution in [1.29, 1.82) is 0 Å². The number of halogens is 1. The Kier molecular flexibility index (Phi) is 4.20. The smallest absolute Gasteiger partial charge is 0.148 e. The molecule has 0 amide bonds. The molecular formula is C12H19BrN4. The highest BCUT2D eigenvalue weighted by Crippen LogP contribution is 2.34. The Morgan fingerprint density at radius 1 is 1.41 bits per heavy atom. The number of hydrogen-bond acceptors (Lipinski definition) is 4. The van der Waals surface area contributed by atoms with E-state index in [9.17, 15) is 0 Å². The summed E-state index contributed by atoms with van der Waals surface area (Å²) in [5, 5.41) is 3.24. The average Bonchev–Trinajstić information content (AvgIpc) is 3.13. The molecule has 0 spiro atoms. The number of hydrogen-bond donors (Lipinski definition) is 1. The molecule has 1 N–H and O–H groups in total. The van der Waals surface area contributed by atoms with Gasteiger partial charge in [-0.3, -0.25) is 0 Å². The fourth-order valence-electron chi connectivity index (χ4n) is 1.85. The van der Waals surface area contributed by atoms with Crippen LogP contribution < -0.4 is 10.2 Å². The molecule has 0 atom stereocenters. The van der Waals surface area contributed by atoms with Crippen LogP contribution in [0.2, 0.25) is 0 Å². The van der Waals surface area contributed by atoms with Gasteiger partial charge in [0.15, 0.2) is 0 Å². The molecule has 1 aromatic rings. The van der Waals surface area contributed by atoms with E-state index in [1.165, 1.54) is 12.8 Å². The molecule has 0 aromatic carbocycles. The lowest BCUT2D eigenvalue weighted by Gasteiger charge is -2.23. The third-order valence-electron chi connectivity index (χ3n) is 2.97. The van der Waals surface area contributed by atoms with E-state index < -0.39 is 0 Å². The normalized spacial score (nSPS) is 14.8. The summed E-state index contributed by atoms with van der Waals surface area (Å²) in [6.45, 7) is 7.19. The minimum absolute atomic E-state index is 0.861. The summed E-state index contributed by atoms with van der Waals surface area (Å²) in [7, 11) is 0. The second-order valence-electron chi connectivity index (χ2n) is 4.37. The summed E-state index contributed by atoms with van der Waals surface area (Å²) in [6, 6.07) is 0. The molecule has 5 heteroatoms. The summed E-state index contributed by atoms with van der Waals surface area (Å²) in [6.07, 6.45) is 4.35. The molecule has 4 nitrogen and oxygen atoms in total. The van der Waals surface area contributed by atoms with E-state index in [2.05, 4.69) is 50.0 Å². The SMILES string of the molecule is CCNc1ncnc(N(CC)CC2CC2)c1Br. The van der Waals surface area contributed by atoms with E-state index >= 15 is 0 Å². The molecule has 0 unspecified atom stereocenters. The van der Waals surface area contributed by atoms with Crippen molar-refractivity contribution in [3.63, 3.8) is 0 Å². The van der Waals surface area contributed by atoms with Gasteiger partial charge in [-0.05, 0) is 48.5 Å². The predicted octanol–water partition coefficient (Wildman–Crippen LogP) is 2.91. The first-order chi connectivity index (χ1) is 8.26. The van der Waals surface area contributed by atoms with E-state index in [4.69, 9.17) is 0 Å². The summed E-state index contributed by atoms with van der Waals surface area (Å²) in [5.41, 5.74) is 0. The molecule has 1 aliphatic rings. The topological polar surface area (TPSA) is 41.1 Å². The van der Waals surface area contributed by atoms with Crippen LogP contribution in [0.3, 0.4) is 0 Å². The van der Waals surface area contributed by atoms with Crippen LogP contribution in [-0.4, -0.2) is 29.6 Å². The quantitative estimate of drug-likeness (QED) is 0.877. The van der Waals surface area contributed by atoms with E-state index in [0.29, 0.717) is 0 Å². The molecule has 1 aromatic heterocycles. The third-order valence-corrected chi connectivity index (χ3v) is 3.70. The largest absolute Gasteiger partial charge is 0.369 e. The van der Waals surface area contributed by atoms with Gasteiger partial charge in [0.05, 0.1) is 0 Å². The Morgan fingerprint density at radius 3 is 2.76 bits per heavy atom. The Bertz CT molecular complexity index is 379. The molecule has 0 radical (unpaired) electrons.